The molecule has 1 aromatic heterocycles. The lowest BCUT2D eigenvalue weighted by molar-refractivity contribution is 0.569. The maximum Gasteiger partial charge on any atom is 0.242 e. The van der Waals surface area contributed by atoms with Crippen molar-refractivity contribution in [3.05, 3.63) is 15.8 Å². The van der Waals surface area contributed by atoms with Crippen molar-refractivity contribution in [3.8, 4) is 0 Å². The predicted octanol–water partition coefficient (Wildman–Crippen LogP) is 2.20. The highest BCUT2D eigenvalue weighted by atomic mass is 32.2. The van der Waals surface area contributed by atoms with Crippen LogP contribution in [0, 0.1) is 6.92 Å². The van der Waals surface area contributed by atoms with E-state index in [-0.39, 0.29) is 4.75 Å². The zero-order valence-electron chi connectivity index (χ0n) is 12.0. The number of aryl methyl sites for hydroxylation is 1. The third kappa shape index (κ3) is 4.46. The molecule has 0 radical (unpaired) electrons. The van der Waals surface area contributed by atoms with Crippen LogP contribution in [0.25, 0.3) is 0 Å². The maximum atomic E-state index is 12.4. The van der Waals surface area contributed by atoms with Gasteiger partial charge in [0.25, 0.3) is 0 Å². The van der Waals surface area contributed by atoms with Gasteiger partial charge >= 0.3 is 0 Å². The molecule has 4 nitrogen and oxygen atoms in total. The summed E-state index contributed by atoms with van der Waals surface area (Å²) in [4.78, 5) is 1.29. The Balaban J connectivity index is 2.97. The molecule has 0 amide bonds. The highest BCUT2D eigenvalue weighted by Gasteiger charge is 2.25. The van der Waals surface area contributed by atoms with Gasteiger partial charge < -0.3 is 5.32 Å². The molecule has 0 saturated carbocycles. The average Bonchev–Trinajstić information content (AvgIpc) is 2.70. The predicted molar refractivity (Wildman–Crippen MR) is 84.6 cm³/mol. The Bertz CT molecular complexity index is 521. The lowest BCUT2D eigenvalue weighted by Gasteiger charge is -2.22. The average molecular weight is 323 g/mol. The van der Waals surface area contributed by atoms with E-state index in [4.69, 9.17) is 0 Å². The topological polar surface area (TPSA) is 58.2 Å². The SMILES string of the molecule is CNCc1scc(C)c1S(=O)(=O)NCC(C)(C)SC. The molecule has 0 atom stereocenters. The molecule has 7 heteroatoms. The zero-order chi connectivity index (χ0) is 14.7. The molecule has 110 valence electrons. The van der Waals surface area contributed by atoms with Gasteiger partial charge in [0.15, 0.2) is 0 Å². The van der Waals surface area contributed by atoms with E-state index < -0.39 is 10.0 Å². The highest BCUT2D eigenvalue weighted by molar-refractivity contribution is 8.00. The van der Waals surface area contributed by atoms with Gasteiger partial charge in [-0.05, 0) is 45.0 Å². The first-order valence-corrected chi connectivity index (χ1v) is 9.58. The van der Waals surface area contributed by atoms with Gasteiger partial charge in [-0.3, -0.25) is 0 Å². The van der Waals surface area contributed by atoms with Crippen LogP contribution in [0.5, 0.6) is 0 Å². The summed E-state index contributed by atoms with van der Waals surface area (Å²) in [6.45, 7) is 6.87. The van der Waals surface area contributed by atoms with Crippen molar-refractivity contribution >= 4 is 33.1 Å². The summed E-state index contributed by atoms with van der Waals surface area (Å²) in [7, 11) is -1.62. The molecule has 1 aromatic rings. The molecule has 0 aliphatic rings. The van der Waals surface area contributed by atoms with Gasteiger partial charge in [-0.2, -0.15) is 11.8 Å². The highest BCUT2D eigenvalue weighted by Crippen LogP contribution is 2.27. The van der Waals surface area contributed by atoms with Gasteiger partial charge in [-0.1, -0.05) is 0 Å². The van der Waals surface area contributed by atoms with E-state index in [0.717, 1.165) is 10.4 Å². The molecule has 2 N–H and O–H groups in total. The Morgan fingerprint density at radius 2 is 2.05 bits per heavy atom. The molecule has 0 aromatic carbocycles. The van der Waals surface area contributed by atoms with Gasteiger partial charge in [-0.15, -0.1) is 11.3 Å². The summed E-state index contributed by atoms with van der Waals surface area (Å²) in [5, 5.41) is 4.90. The summed E-state index contributed by atoms with van der Waals surface area (Å²) in [6, 6.07) is 0. The second-order valence-corrected chi connectivity index (χ2v) is 9.17. The summed E-state index contributed by atoms with van der Waals surface area (Å²) in [6.07, 6.45) is 1.98. The number of nitrogens with one attached hydrogen (secondary N) is 2. The molecule has 0 aliphatic carbocycles. The summed E-state index contributed by atoms with van der Waals surface area (Å²) < 4.78 is 27.5. The number of sulfonamides is 1. The van der Waals surface area contributed by atoms with Crippen LogP contribution in [-0.4, -0.2) is 33.0 Å². The Labute approximate surface area is 124 Å². The van der Waals surface area contributed by atoms with E-state index in [1.165, 1.54) is 11.3 Å². The first-order valence-electron chi connectivity index (χ1n) is 6.00. The standard InChI is InChI=1S/C12H22N2O2S3/c1-9-7-18-10(6-13-4)11(9)19(15,16)14-8-12(2,3)17-5/h7,13-14H,6,8H2,1-5H3. The van der Waals surface area contributed by atoms with Crippen molar-refractivity contribution in [1.82, 2.24) is 10.0 Å². The van der Waals surface area contributed by atoms with E-state index in [1.807, 2.05) is 39.5 Å². The minimum atomic E-state index is -3.44. The van der Waals surface area contributed by atoms with Gasteiger partial charge in [0.2, 0.25) is 10.0 Å². The van der Waals surface area contributed by atoms with Crippen molar-refractivity contribution < 1.29 is 8.42 Å². The van der Waals surface area contributed by atoms with E-state index in [0.29, 0.717) is 18.0 Å². The Morgan fingerprint density at radius 1 is 1.42 bits per heavy atom. The molecule has 1 heterocycles. The maximum absolute atomic E-state index is 12.4. The Hall–Kier alpha value is -0.0800. The van der Waals surface area contributed by atoms with Crippen LogP contribution < -0.4 is 10.0 Å². The molecule has 0 unspecified atom stereocenters. The van der Waals surface area contributed by atoms with Crippen LogP contribution in [-0.2, 0) is 16.6 Å². The van der Waals surface area contributed by atoms with E-state index in [9.17, 15) is 8.42 Å². The lowest BCUT2D eigenvalue weighted by atomic mass is 10.2. The summed E-state index contributed by atoms with van der Waals surface area (Å²) in [5.41, 5.74) is 0.810. The number of rotatable bonds is 7. The van der Waals surface area contributed by atoms with Crippen LogP contribution in [0.2, 0.25) is 0 Å². The van der Waals surface area contributed by atoms with Crippen LogP contribution >= 0.6 is 23.1 Å². The van der Waals surface area contributed by atoms with Gasteiger partial charge in [0.1, 0.15) is 4.90 Å². The van der Waals surface area contributed by atoms with E-state index in [1.54, 1.807) is 11.8 Å². The quantitative estimate of drug-likeness (QED) is 0.808. The molecule has 0 fully saturated rings. The van der Waals surface area contributed by atoms with Crippen molar-refractivity contribution in [2.45, 2.75) is 37.0 Å². The van der Waals surface area contributed by atoms with Gasteiger partial charge in [-0.25, -0.2) is 13.1 Å². The first-order chi connectivity index (χ1) is 8.73. The van der Waals surface area contributed by atoms with Crippen LogP contribution in [0.4, 0.5) is 0 Å². The minimum absolute atomic E-state index is 0.111. The smallest absolute Gasteiger partial charge is 0.242 e. The normalized spacial score (nSPS) is 12.9. The zero-order valence-corrected chi connectivity index (χ0v) is 14.5. The second kappa shape index (κ2) is 6.58. The molecular weight excluding hydrogens is 300 g/mol. The fraction of sp³-hybridized carbons (Fsp3) is 0.667. The number of hydrogen-bond acceptors (Lipinski definition) is 5. The van der Waals surface area contributed by atoms with Gasteiger partial charge in [0, 0.05) is 22.7 Å². The van der Waals surface area contributed by atoms with Crippen LogP contribution in [0.3, 0.4) is 0 Å². The fourth-order valence-electron chi connectivity index (χ4n) is 1.54. The Kier molecular flexibility index (Phi) is 5.88. The van der Waals surface area contributed by atoms with E-state index >= 15 is 0 Å². The van der Waals surface area contributed by atoms with Crippen molar-refractivity contribution in [2.24, 2.45) is 0 Å². The first kappa shape index (κ1) is 17.0. The second-order valence-electron chi connectivity index (χ2n) is 4.99. The fourth-order valence-corrected chi connectivity index (χ4v) is 4.88. The molecular formula is C12H22N2O2S3. The largest absolute Gasteiger partial charge is 0.315 e. The molecule has 0 bridgehead atoms. The summed E-state index contributed by atoms with van der Waals surface area (Å²) in [5.74, 6) is 0. The number of thiophene rings is 1. The Morgan fingerprint density at radius 3 is 2.58 bits per heavy atom. The minimum Gasteiger partial charge on any atom is -0.315 e. The molecule has 19 heavy (non-hydrogen) atoms. The molecule has 0 spiro atoms. The number of thioether (sulfide) groups is 1. The van der Waals surface area contributed by atoms with Crippen molar-refractivity contribution in [3.63, 3.8) is 0 Å². The molecule has 0 saturated heterocycles. The lowest BCUT2D eigenvalue weighted by Crippen LogP contribution is -2.36. The summed E-state index contributed by atoms with van der Waals surface area (Å²) >= 11 is 3.13. The van der Waals surface area contributed by atoms with Crippen molar-refractivity contribution in [1.29, 1.82) is 0 Å². The van der Waals surface area contributed by atoms with Gasteiger partial charge in [0.05, 0.1) is 0 Å². The number of hydrogen-bond donors (Lipinski definition) is 2. The van der Waals surface area contributed by atoms with Crippen molar-refractivity contribution in [2.75, 3.05) is 19.8 Å². The van der Waals surface area contributed by atoms with Crippen LogP contribution in [0.1, 0.15) is 24.3 Å². The third-order valence-electron chi connectivity index (χ3n) is 2.84. The van der Waals surface area contributed by atoms with E-state index in [2.05, 4.69) is 10.0 Å². The molecule has 1 rings (SSSR count). The molecule has 0 aliphatic heterocycles. The third-order valence-corrected chi connectivity index (χ3v) is 6.95. The van der Waals surface area contributed by atoms with Crippen LogP contribution in [0.15, 0.2) is 10.3 Å². The monoisotopic (exact) mass is 322 g/mol.